The predicted molar refractivity (Wildman–Crippen MR) is 146 cm³/mol. The number of hydrogen-bond donors (Lipinski definition) is 0. The monoisotopic (exact) mass is 566 g/mol. The number of rotatable bonds is 8. The van der Waals surface area contributed by atoms with E-state index in [1.54, 1.807) is 12.1 Å². The summed E-state index contributed by atoms with van der Waals surface area (Å²) in [5, 5.41) is 10.8. The van der Waals surface area contributed by atoms with Gasteiger partial charge in [0.25, 0.3) is 5.69 Å². The van der Waals surface area contributed by atoms with Crippen LogP contribution in [0, 0.1) is 33.8 Å². The molecule has 3 aromatic carbocycles. The molecule has 0 N–H and O–H groups in total. The first-order valence-corrected chi connectivity index (χ1v) is 13.1. The van der Waals surface area contributed by atoms with Crippen LogP contribution in [-0.2, 0) is 14.3 Å². The van der Waals surface area contributed by atoms with Gasteiger partial charge in [-0.25, -0.2) is 9.59 Å². The van der Waals surface area contributed by atoms with E-state index in [0.29, 0.717) is 5.69 Å². The highest BCUT2D eigenvalue weighted by Gasteiger charge is 2.59. The minimum Gasteiger partial charge on any atom is -0.454 e. The van der Waals surface area contributed by atoms with Gasteiger partial charge < -0.3 is 9.47 Å². The number of nitro benzene ring substituents is 1. The third-order valence-electron chi connectivity index (χ3n) is 7.87. The molecule has 1 aliphatic heterocycles. The van der Waals surface area contributed by atoms with Gasteiger partial charge in [-0.05, 0) is 66.8 Å². The summed E-state index contributed by atoms with van der Waals surface area (Å²) in [5.41, 5.74) is 0.335. The quantitative estimate of drug-likeness (QED) is 0.0744. The Bertz CT molecular complexity index is 1650. The molecular formula is C31H22N2O9. The number of esters is 2. The number of carbonyl (C=O) groups excluding carboxylic acids is 5. The van der Waals surface area contributed by atoms with E-state index in [0.717, 1.165) is 18.6 Å². The van der Waals surface area contributed by atoms with Crippen molar-refractivity contribution in [2.45, 2.75) is 6.42 Å². The summed E-state index contributed by atoms with van der Waals surface area (Å²) in [6.45, 7) is -0.644. The summed E-state index contributed by atoms with van der Waals surface area (Å²) in [6, 6.07) is 16.5. The average molecular weight is 567 g/mol. The maximum Gasteiger partial charge on any atom is 0.343 e. The van der Waals surface area contributed by atoms with E-state index in [-0.39, 0.29) is 63.6 Å². The van der Waals surface area contributed by atoms with Gasteiger partial charge in [0.15, 0.2) is 6.61 Å². The minimum absolute atomic E-state index is 0.00373. The zero-order valence-corrected chi connectivity index (χ0v) is 21.9. The molecule has 210 valence electrons. The minimum atomic E-state index is -0.829. The van der Waals surface area contributed by atoms with Gasteiger partial charge in [0.05, 0.1) is 39.1 Å². The summed E-state index contributed by atoms with van der Waals surface area (Å²) < 4.78 is 10.5. The Kier molecular flexibility index (Phi) is 6.69. The van der Waals surface area contributed by atoms with E-state index in [1.165, 1.54) is 53.4 Å². The largest absolute Gasteiger partial charge is 0.454 e. The number of Topliss-reactive ketones (excluding diaryl/α,β-unsaturated/α-hetero) is 1. The lowest BCUT2D eigenvalue weighted by Crippen LogP contribution is -2.32. The van der Waals surface area contributed by atoms with Crippen LogP contribution >= 0.6 is 0 Å². The SMILES string of the molecule is O=C(OCC(=O)c1ccccc1OC(=O)c1ccc([N+](=O)[O-])cc1)c1ccc(N2C(=O)[C@@H]3[C@H](C2=O)[C@H]2C=C[C@H]3C2)cc1. The summed E-state index contributed by atoms with van der Waals surface area (Å²) in [5.74, 6) is -3.27. The second kappa shape index (κ2) is 10.5. The molecule has 3 aliphatic rings. The molecule has 0 radical (unpaired) electrons. The Balaban J connectivity index is 1.08. The first-order chi connectivity index (χ1) is 20.2. The number of fused-ring (bicyclic) bond motifs is 5. The lowest BCUT2D eigenvalue weighted by atomic mass is 9.85. The summed E-state index contributed by atoms with van der Waals surface area (Å²) in [4.78, 5) is 75.5. The fourth-order valence-corrected chi connectivity index (χ4v) is 5.86. The maximum atomic E-state index is 13.0. The van der Waals surface area contributed by atoms with Crippen molar-refractivity contribution >= 4 is 40.9 Å². The van der Waals surface area contributed by atoms with Crippen molar-refractivity contribution in [1.29, 1.82) is 0 Å². The first-order valence-electron chi connectivity index (χ1n) is 13.1. The van der Waals surface area contributed by atoms with Crippen LogP contribution < -0.4 is 9.64 Å². The number of ketones is 1. The highest BCUT2D eigenvalue weighted by atomic mass is 16.6. The van der Waals surface area contributed by atoms with Crippen LogP contribution in [-0.4, -0.2) is 41.1 Å². The number of nitro groups is 1. The second-order valence-corrected chi connectivity index (χ2v) is 10.2. The Hall–Kier alpha value is -5.45. The number of imide groups is 1. The van der Waals surface area contributed by atoms with Gasteiger partial charge in [0.2, 0.25) is 17.6 Å². The summed E-state index contributed by atoms with van der Waals surface area (Å²) in [6.07, 6.45) is 4.86. The molecule has 1 saturated carbocycles. The van der Waals surface area contributed by atoms with Gasteiger partial charge in [-0.1, -0.05) is 24.3 Å². The number of carbonyl (C=O) groups is 5. The van der Waals surface area contributed by atoms with Crippen molar-refractivity contribution in [1.82, 2.24) is 0 Å². The zero-order valence-electron chi connectivity index (χ0n) is 21.9. The number of amides is 2. The third kappa shape index (κ3) is 4.64. The van der Waals surface area contributed by atoms with Gasteiger partial charge in [-0.15, -0.1) is 0 Å². The molecule has 0 unspecified atom stereocenters. The van der Waals surface area contributed by atoms with Crippen LogP contribution in [0.2, 0.25) is 0 Å². The molecule has 11 heteroatoms. The lowest BCUT2D eigenvalue weighted by Gasteiger charge is -2.17. The highest BCUT2D eigenvalue weighted by Crippen LogP contribution is 2.53. The Morgan fingerprint density at radius 3 is 2.00 bits per heavy atom. The van der Waals surface area contributed by atoms with E-state index in [1.807, 2.05) is 12.2 Å². The van der Waals surface area contributed by atoms with E-state index in [2.05, 4.69) is 0 Å². The molecule has 1 saturated heterocycles. The van der Waals surface area contributed by atoms with Crippen molar-refractivity contribution in [3.8, 4) is 5.75 Å². The van der Waals surface area contributed by atoms with Crippen LogP contribution in [0.4, 0.5) is 11.4 Å². The number of hydrogen-bond acceptors (Lipinski definition) is 9. The van der Waals surface area contributed by atoms with Gasteiger partial charge in [-0.3, -0.25) is 29.4 Å². The molecule has 0 spiro atoms. The van der Waals surface area contributed by atoms with E-state index in [4.69, 9.17) is 9.47 Å². The number of nitrogens with zero attached hydrogens (tertiary/aromatic N) is 2. The molecule has 0 aromatic heterocycles. The smallest absolute Gasteiger partial charge is 0.343 e. The zero-order chi connectivity index (χ0) is 29.5. The van der Waals surface area contributed by atoms with Crippen molar-refractivity contribution in [3.05, 3.63) is 112 Å². The Labute approximate surface area is 238 Å². The molecular weight excluding hydrogens is 544 g/mol. The first kappa shape index (κ1) is 26.8. The summed E-state index contributed by atoms with van der Waals surface area (Å²) in [7, 11) is 0. The number of anilines is 1. The van der Waals surface area contributed by atoms with Crippen molar-refractivity contribution in [3.63, 3.8) is 0 Å². The predicted octanol–water partition coefficient (Wildman–Crippen LogP) is 4.17. The van der Waals surface area contributed by atoms with Crippen LogP contribution in [0.5, 0.6) is 5.75 Å². The van der Waals surface area contributed by atoms with Gasteiger partial charge in [0.1, 0.15) is 5.75 Å². The molecule has 2 amide bonds. The number of allylic oxidation sites excluding steroid dienone is 2. The molecule has 42 heavy (non-hydrogen) atoms. The third-order valence-corrected chi connectivity index (χ3v) is 7.87. The molecule has 6 rings (SSSR count). The fraction of sp³-hybridized carbons (Fsp3) is 0.194. The van der Waals surface area contributed by atoms with E-state index in [9.17, 15) is 34.1 Å². The van der Waals surface area contributed by atoms with Crippen LogP contribution in [0.1, 0.15) is 37.5 Å². The van der Waals surface area contributed by atoms with Crippen LogP contribution in [0.15, 0.2) is 84.9 Å². The molecule has 3 aromatic rings. The van der Waals surface area contributed by atoms with E-state index < -0.39 is 29.3 Å². The molecule has 2 bridgehead atoms. The number of non-ortho nitro benzene ring substituents is 1. The Morgan fingerprint density at radius 2 is 1.38 bits per heavy atom. The second-order valence-electron chi connectivity index (χ2n) is 10.2. The highest BCUT2D eigenvalue weighted by molar-refractivity contribution is 6.22. The van der Waals surface area contributed by atoms with Gasteiger partial charge in [0, 0.05) is 12.1 Å². The Morgan fingerprint density at radius 1 is 0.810 bits per heavy atom. The maximum absolute atomic E-state index is 13.0. The fourth-order valence-electron chi connectivity index (χ4n) is 5.86. The van der Waals surface area contributed by atoms with Crippen LogP contribution in [0.3, 0.4) is 0 Å². The average Bonchev–Trinajstić information content (AvgIpc) is 3.69. The molecule has 4 atom stereocenters. The number of para-hydroxylation sites is 1. The lowest BCUT2D eigenvalue weighted by molar-refractivity contribution is -0.384. The van der Waals surface area contributed by atoms with Crippen LogP contribution in [0.25, 0.3) is 0 Å². The number of ether oxygens (including phenoxy) is 2. The normalized spacial score (nSPS) is 21.8. The molecule has 2 fully saturated rings. The van der Waals surface area contributed by atoms with Gasteiger partial charge >= 0.3 is 11.9 Å². The van der Waals surface area contributed by atoms with E-state index >= 15 is 0 Å². The molecule has 2 aliphatic carbocycles. The van der Waals surface area contributed by atoms with Crippen molar-refractivity contribution < 1.29 is 38.4 Å². The van der Waals surface area contributed by atoms with Gasteiger partial charge in [-0.2, -0.15) is 0 Å². The van der Waals surface area contributed by atoms with Crippen molar-refractivity contribution in [2.24, 2.45) is 23.7 Å². The molecule has 11 nitrogen and oxygen atoms in total. The number of benzene rings is 3. The summed E-state index contributed by atoms with van der Waals surface area (Å²) >= 11 is 0. The topological polar surface area (TPSA) is 150 Å². The van der Waals surface area contributed by atoms with Crippen molar-refractivity contribution in [2.75, 3.05) is 11.5 Å². The molecule has 1 heterocycles. The standard InChI is InChI=1S/C31H22N2O9/c34-24(23-3-1-2-4-25(23)42-31(38)18-9-13-22(14-10-18)33(39)40)16-41-30(37)17-7-11-21(12-8-17)32-28(35)26-19-5-6-20(15-19)27(26)29(32)36/h1-14,19-20,26-27H,15-16H2/t19-,20-,26-,27+/m0/s1.